The topological polar surface area (TPSA) is 87.6 Å². The second-order valence-electron chi connectivity index (χ2n) is 4.72. The van der Waals surface area contributed by atoms with Gasteiger partial charge in [0, 0.05) is 11.3 Å². The van der Waals surface area contributed by atoms with E-state index in [2.05, 4.69) is 4.74 Å². The molecule has 1 saturated carbocycles. The van der Waals surface area contributed by atoms with Crippen molar-refractivity contribution in [2.75, 3.05) is 20.0 Å². The number of nitrogen functional groups attached to an aromatic ring is 1. The molecule has 0 amide bonds. The normalized spacial score (nSPS) is 14.1. The molecular formula is C15H22N2O3. The highest BCUT2D eigenvalue weighted by Crippen LogP contribution is 2.36. The third-order valence-electron chi connectivity index (χ3n) is 3.01. The van der Waals surface area contributed by atoms with Gasteiger partial charge in [-0.05, 0) is 49.5 Å². The standard InChI is InChI=1S/C13H18N2O.C2H4O2/c1-8-5-10(7-11(14)9-3-4-9)13(15)12(6-8)16-2;1-4-2-3/h5-7,9H,3-4,14-15H2,1-2H3;2H,1H3/b11-7-;. The lowest BCUT2D eigenvalue weighted by Gasteiger charge is -2.10. The lowest BCUT2D eigenvalue weighted by Crippen LogP contribution is -2.01. The molecule has 0 spiro atoms. The van der Waals surface area contributed by atoms with Crippen molar-refractivity contribution in [2.45, 2.75) is 19.8 Å². The third kappa shape index (κ3) is 4.50. The predicted molar refractivity (Wildman–Crippen MR) is 80.1 cm³/mol. The molecule has 0 saturated heterocycles. The zero-order valence-electron chi connectivity index (χ0n) is 12.2. The van der Waals surface area contributed by atoms with Crippen LogP contribution in [-0.4, -0.2) is 20.7 Å². The minimum atomic E-state index is 0.375. The number of anilines is 1. The number of nitrogens with two attached hydrogens (primary N) is 2. The Labute approximate surface area is 119 Å². The van der Waals surface area contributed by atoms with Crippen LogP contribution >= 0.6 is 0 Å². The second-order valence-corrected chi connectivity index (χ2v) is 4.72. The Kier molecular flexibility index (Phi) is 5.90. The summed E-state index contributed by atoms with van der Waals surface area (Å²) in [5, 5.41) is 0. The molecule has 2 rings (SSSR count). The largest absolute Gasteiger partial charge is 0.495 e. The van der Waals surface area contributed by atoms with E-state index in [9.17, 15) is 0 Å². The Balaban J connectivity index is 0.000000444. The maximum atomic E-state index is 8.95. The van der Waals surface area contributed by atoms with Crippen LogP contribution in [0.1, 0.15) is 24.0 Å². The summed E-state index contributed by atoms with van der Waals surface area (Å²) in [6.45, 7) is 2.40. The van der Waals surface area contributed by atoms with Crippen LogP contribution in [0.3, 0.4) is 0 Å². The molecule has 4 N–H and O–H groups in total. The summed E-state index contributed by atoms with van der Waals surface area (Å²) in [6.07, 6.45) is 4.37. The minimum absolute atomic E-state index is 0.375. The Bertz CT molecular complexity index is 494. The van der Waals surface area contributed by atoms with Crippen molar-refractivity contribution in [2.24, 2.45) is 11.7 Å². The summed E-state index contributed by atoms with van der Waals surface area (Å²) in [5.74, 6) is 1.28. The number of methoxy groups -OCH3 is 2. The molecule has 0 unspecified atom stereocenters. The molecule has 0 bridgehead atoms. The molecule has 20 heavy (non-hydrogen) atoms. The van der Waals surface area contributed by atoms with E-state index in [0.29, 0.717) is 18.1 Å². The average Bonchev–Trinajstić information content (AvgIpc) is 3.27. The second kappa shape index (κ2) is 7.43. The molecule has 1 aliphatic carbocycles. The first-order valence-electron chi connectivity index (χ1n) is 6.41. The summed E-state index contributed by atoms with van der Waals surface area (Å²) >= 11 is 0. The van der Waals surface area contributed by atoms with E-state index in [1.54, 1.807) is 7.11 Å². The first-order chi connectivity index (χ1) is 9.53. The lowest BCUT2D eigenvalue weighted by molar-refractivity contribution is -0.126. The monoisotopic (exact) mass is 278 g/mol. The van der Waals surface area contributed by atoms with Crippen molar-refractivity contribution in [3.8, 4) is 5.75 Å². The molecule has 0 heterocycles. The highest BCUT2D eigenvalue weighted by atomic mass is 16.5. The molecule has 0 aliphatic heterocycles. The van der Waals surface area contributed by atoms with Crippen LogP contribution in [0.15, 0.2) is 17.8 Å². The quantitative estimate of drug-likeness (QED) is 0.650. The summed E-state index contributed by atoms with van der Waals surface area (Å²) in [4.78, 5) is 8.95. The van der Waals surface area contributed by atoms with Gasteiger partial charge in [-0.25, -0.2) is 0 Å². The van der Waals surface area contributed by atoms with Crippen LogP contribution in [-0.2, 0) is 9.53 Å². The molecule has 0 aromatic heterocycles. The van der Waals surface area contributed by atoms with Gasteiger partial charge in [-0.15, -0.1) is 0 Å². The molecule has 1 aromatic carbocycles. The van der Waals surface area contributed by atoms with Crippen molar-refractivity contribution < 1.29 is 14.3 Å². The number of aryl methyl sites for hydroxylation is 1. The van der Waals surface area contributed by atoms with Crippen molar-refractivity contribution in [1.82, 2.24) is 0 Å². The lowest BCUT2D eigenvalue weighted by atomic mass is 10.1. The SMILES string of the molecule is COC=O.COc1cc(C)cc(/C=C(\N)C2CC2)c1N. The number of carbonyl (C=O) groups excluding carboxylic acids is 1. The average molecular weight is 278 g/mol. The molecule has 5 heteroatoms. The van der Waals surface area contributed by atoms with Crippen molar-refractivity contribution in [3.05, 3.63) is 29.0 Å². The zero-order valence-corrected chi connectivity index (χ0v) is 12.2. The Morgan fingerprint density at radius 1 is 1.35 bits per heavy atom. The van der Waals surface area contributed by atoms with Gasteiger partial charge in [0.2, 0.25) is 0 Å². The number of benzene rings is 1. The van der Waals surface area contributed by atoms with E-state index in [1.165, 1.54) is 20.0 Å². The van der Waals surface area contributed by atoms with Gasteiger partial charge in [-0.1, -0.05) is 0 Å². The summed E-state index contributed by atoms with van der Waals surface area (Å²) < 4.78 is 9.09. The molecule has 1 fully saturated rings. The van der Waals surface area contributed by atoms with Gasteiger partial charge in [0.15, 0.2) is 0 Å². The third-order valence-corrected chi connectivity index (χ3v) is 3.01. The maximum absolute atomic E-state index is 8.95. The minimum Gasteiger partial charge on any atom is -0.495 e. The van der Waals surface area contributed by atoms with E-state index < -0.39 is 0 Å². The highest BCUT2D eigenvalue weighted by molar-refractivity contribution is 5.72. The van der Waals surface area contributed by atoms with Gasteiger partial charge in [0.25, 0.3) is 6.47 Å². The number of hydrogen-bond donors (Lipinski definition) is 2. The fourth-order valence-corrected chi connectivity index (χ4v) is 1.79. The van der Waals surface area contributed by atoms with Gasteiger partial charge < -0.3 is 20.9 Å². The highest BCUT2D eigenvalue weighted by Gasteiger charge is 2.24. The van der Waals surface area contributed by atoms with E-state index >= 15 is 0 Å². The Hall–Kier alpha value is -2.17. The van der Waals surface area contributed by atoms with E-state index in [4.69, 9.17) is 21.0 Å². The van der Waals surface area contributed by atoms with Crippen LogP contribution in [0.4, 0.5) is 5.69 Å². The summed E-state index contributed by atoms with van der Waals surface area (Å²) in [5.41, 5.74) is 15.7. The fraction of sp³-hybridized carbons (Fsp3) is 0.400. The fourth-order valence-electron chi connectivity index (χ4n) is 1.79. The van der Waals surface area contributed by atoms with Gasteiger partial charge in [0.05, 0.1) is 19.9 Å². The number of carbonyl (C=O) groups is 1. The smallest absolute Gasteiger partial charge is 0.292 e. The number of rotatable bonds is 4. The van der Waals surface area contributed by atoms with E-state index in [1.807, 2.05) is 25.1 Å². The van der Waals surface area contributed by atoms with E-state index in [0.717, 1.165) is 22.6 Å². The molecule has 1 aromatic rings. The number of allylic oxidation sites excluding steroid dienone is 1. The first kappa shape index (κ1) is 15.9. The van der Waals surface area contributed by atoms with Crippen LogP contribution < -0.4 is 16.2 Å². The number of hydrogen-bond acceptors (Lipinski definition) is 5. The number of ether oxygens (including phenoxy) is 2. The first-order valence-corrected chi connectivity index (χ1v) is 6.41. The molecule has 0 atom stereocenters. The Morgan fingerprint density at radius 3 is 2.40 bits per heavy atom. The molecule has 110 valence electrons. The van der Waals surface area contributed by atoms with Crippen LogP contribution in [0.25, 0.3) is 6.08 Å². The van der Waals surface area contributed by atoms with Crippen molar-refractivity contribution in [1.29, 1.82) is 0 Å². The molecule has 0 radical (unpaired) electrons. The van der Waals surface area contributed by atoms with Crippen LogP contribution in [0.5, 0.6) is 5.75 Å². The van der Waals surface area contributed by atoms with E-state index in [-0.39, 0.29) is 0 Å². The van der Waals surface area contributed by atoms with Crippen molar-refractivity contribution in [3.63, 3.8) is 0 Å². The van der Waals surface area contributed by atoms with Gasteiger partial charge >= 0.3 is 0 Å². The Morgan fingerprint density at radius 2 is 1.95 bits per heavy atom. The summed E-state index contributed by atoms with van der Waals surface area (Å²) in [7, 11) is 2.94. The maximum Gasteiger partial charge on any atom is 0.292 e. The van der Waals surface area contributed by atoms with Crippen LogP contribution in [0.2, 0.25) is 0 Å². The van der Waals surface area contributed by atoms with Crippen molar-refractivity contribution >= 4 is 18.2 Å². The molecule has 1 aliphatic rings. The van der Waals surface area contributed by atoms with Crippen LogP contribution in [0, 0.1) is 12.8 Å². The van der Waals surface area contributed by atoms with Gasteiger partial charge in [-0.2, -0.15) is 0 Å². The predicted octanol–water partition coefficient (Wildman–Crippen LogP) is 2.08. The summed E-state index contributed by atoms with van der Waals surface area (Å²) in [6, 6.07) is 3.97. The molecule has 5 nitrogen and oxygen atoms in total. The van der Waals surface area contributed by atoms with Gasteiger partial charge in [0.1, 0.15) is 5.75 Å². The molecular weight excluding hydrogens is 256 g/mol. The zero-order chi connectivity index (χ0) is 15.1. The van der Waals surface area contributed by atoms with Gasteiger partial charge in [-0.3, -0.25) is 4.79 Å².